The number of anilines is 1. The predicted molar refractivity (Wildman–Crippen MR) is 90.1 cm³/mol. The summed E-state index contributed by atoms with van der Waals surface area (Å²) < 4.78 is 1.56. The SMILES string of the molecule is O=C(Nc1ccc(-n2cncn2)nc1)[C@@H]1C[C@@H]1c1cccc(Cl)c1. The lowest BCUT2D eigenvalue weighted by Crippen LogP contribution is -2.15. The summed E-state index contributed by atoms with van der Waals surface area (Å²) in [7, 11) is 0. The molecule has 0 saturated heterocycles. The molecule has 1 saturated carbocycles. The van der Waals surface area contributed by atoms with Gasteiger partial charge in [-0.2, -0.15) is 5.10 Å². The lowest BCUT2D eigenvalue weighted by Gasteiger charge is -2.06. The summed E-state index contributed by atoms with van der Waals surface area (Å²) in [4.78, 5) is 20.5. The van der Waals surface area contributed by atoms with Gasteiger partial charge in [-0.15, -0.1) is 0 Å². The Hall–Kier alpha value is -2.73. The van der Waals surface area contributed by atoms with E-state index in [2.05, 4.69) is 20.4 Å². The minimum atomic E-state index is -0.0153. The molecule has 1 N–H and O–H groups in total. The number of nitrogens with one attached hydrogen (secondary N) is 1. The third-order valence-electron chi connectivity index (χ3n) is 4.07. The highest BCUT2D eigenvalue weighted by molar-refractivity contribution is 6.30. The summed E-state index contributed by atoms with van der Waals surface area (Å²) in [5.41, 5.74) is 1.78. The molecule has 0 radical (unpaired) electrons. The molecule has 0 bridgehead atoms. The van der Waals surface area contributed by atoms with Crippen LogP contribution in [-0.2, 0) is 4.79 Å². The van der Waals surface area contributed by atoms with Crippen LogP contribution in [0.3, 0.4) is 0 Å². The number of pyridine rings is 1. The van der Waals surface area contributed by atoms with Crippen LogP contribution in [0.2, 0.25) is 5.02 Å². The second-order valence-corrected chi connectivity index (χ2v) is 6.17. The molecule has 1 aromatic carbocycles. The largest absolute Gasteiger partial charge is 0.324 e. The van der Waals surface area contributed by atoms with E-state index in [1.54, 1.807) is 29.3 Å². The van der Waals surface area contributed by atoms with Gasteiger partial charge in [-0.1, -0.05) is 23.7 Å². The van der Waals surface area contributed by atoms with Crippen molar-refractivity contribution in [3.63, 3.8) is 0 Å². The first-order chi connectivity index (χ1) is 11.7. The van der Waals surface area contributed by atoms with Crippen molar-refractivity contribution in [3.05, 3.63) is 65.8 Å². The van der Waals surface area contributed by atoms with Gasteiger partial charge in [0.2, 0.25) is 5.91 Å². The van der Waals surface area contributed by atoms with E-state index in [1.165, 1.54) is 6.33 Å². The smallest absolute Gasteiger partial charge is 0.228 e. The number of halogens is 1. The Morgan fingerprint density at radius 2 is 2.21 bits per heavy atom. The van der Waals surface area contributed by atoms with Gasteiger partial charge >= 0.3 is 0 Å². The standard InChI is InChI=1S/C17H14ClN5O/c18-12-3-1-2-11(6-12)14-7-15(14)17(24)22-13-4-5-16(20-8-13)23-10-19-9-21-23/h1-6,8-10,14-15H,7H2,(H,22,24)/t14-,15-/m1/s1. The average molecular weight is 340 g/mol. The fourth-order valence-corrected chi connectivity index (χ4v) is 2.95. The molecular formula is C17H14ClN5O. The summed E-state index contributed by atoms with van der Waals surface area (Å²) in [6.45, 7) is 0. The Bertz CT molecular complexity index is 863. The summed E-state index contributed by atoms with van der Waals surface area (Å²) in [6, 6.07) is 11.3. The molecule has 120 valence electrons. The number of amides is 1. The molecule has 2 heterocycles. The van der Waals surface area contributed by atoms with E-state index in [0.717, 1.165) is 12.0 Å². The van der Waals surface area contributed by atoms with E-state index >= 15 is 0 Å². The summed E-state index contributed by atoms with van der Waals surface area (Å²) in [5, 5.41) is 7.62. The van der Waals surface area contributed by atoms with Crippen LogP contribution >= 0.6 is 11.6 Å². The Morgan fingerprint density at radius 3 is 2.92 bits per heavy atom. The third-order valence-corrected chi connectivity index (χ3v) is 4.31. The van der Waals surface area contributed by atoms with E-state index in [0.29, 0.717) is 16.5 Å². The molecule has 1 fully saturated rings. The van der Waals surface area contributed by atoms with Gasteiger partial charge in [0.15, 0.2) is 5.82 Å². The first-order valence-electron chi connectivity index (χ1n) is 7.58. The van der Waals surface area contributed by atoms with Crippen molar-refractivity contribution in [2.75, 3.05) is 5.32 Å². The molecule has 6 nitrogen and oxygen atoms in total. The van der Waals surface area contributed by atoms with Crippen molar-refractivity contribution in [3.8, 4) is 5.82 Å². The first-order valence-corrected chi connectivity index (χ1v) is 7.96. The molecule has 1 aliphatic rings. The van der Waals surface area contributed by atoms with Crippen molar-refractivity contribution in [2.45, 2.75) is 12.3 Å². The molecule has 1 aliphatic carbocycles. The first kappa shape index (κ1) is 14.8. The Labute approximate surface area is 143 Å². The molecule has 1 amide bonds. The van der Waals surface area contributed by atoms with E-state index in [4.69, 9.17) is 11.6 Å². The van der Waals surface area contributed by atoms with Crippen LogP contribution < -0.4 is 5.32 Å². The Morgan fingerprint density at radius 1 is 1.29 bits per heavy atom. The van der Waals surface area contributed by atoms with E-state index < -0.39 is 0 Å². The molecule has 4 rings (SSSR count). The second-order valence-electron chi connectivity index (χ2n) is 5.74. The van der Waals surface area contributed by atoms with Crippen LogP contribution in [0.4, 0.5) is 5.69 Å². The molecular weight excluding hydrogens is 326 g/mol. The van der Waals surface area contributed by atoms with Crippen LogP contribution in [0.25, 0.3) is 5.82 Å². The zero-order chi connectivity index (χ0) is 16.5. The molecule has 2 atom stereocenters. The number of benzene rings is 1. The molecule has 7 heteroatoms. The minimum absolute atomic E-state index is 0.00952. The average Bonchev–Trinajstić information content (AvgIpc) is 3.22. The lowest BCUT2D eigenvalue weighted by atomic mass is 10.1. The number of hydrogen-bond donors (Lipinski definition) is 1. The van der Waals surface area contributed by atoms with Crippen LogP contribution in [-0.4, -0.2) is 25.7 Å². The van der Waals surface area contributed by atoms with Gasteiger partial charge in [-0.05, 0) is 42.2 Å². The summed E-state index contributed by atoms with van der Waals surface area (Å²) >= 11 is 6.01. The summed E-state index contributed by atoms with van der Waals surface area (Å²) in [5.74, 6) is 0.883. The van der Waals surface area contributed by atoms with Crippen LogP contribution in [0.15, 0.2) is 55.2 Å². The molecule has 3 aromatic rings. The van der Waals surface area contributed by atoms with Gasteiger partial charge in [0.05, 0.1) is 11.9 Å². The normalized spacial score (nSPS) is 19.0. The number of nitrogens with zero attached hydrogens (tertiary/aromatic N) is 4. The highest BCUT2D eigenvalue weighted by Gasteiger charge is 2.43. The van der Waals surface area contributed by atoms with Gasteiger partial charge in [-0.3, -0.25) is 4.79 Å². The molecule has 0 aliphatic heterocycles. The fraction of sp³-hybridized carbons (Fsp3) is 0.176. The Kier molecular flexibility index (Phi) is 3.74. The highest BCUT2D eigenvalue weighted by atomic mass is 35.5. The number of carbonyl (C=O) groups excluding carboxylic acids is 1. The van der Waals surface area contributed by atoms with E-state index in [-0.39, 0.29) is 17.7 Å². The molecule has 2 aromatic heterocycles. The molecule has 0 spiro atoms. The van der Waals surface area contributed by atoms with Gasteiger partial charge < -0.3 is 5.32 Å². The number of rotatable bonds is 4. The predicted octanol–water partition coefficient (Wildman–Crippen LogP) is 3.06. The van der Waals surface area contributed by atoms with Crippen LogP contribution in [0.5, 0.6) is 0 Å². The quantitative estimate of drug-likeness (QED) is 0.793. The van der Waals surface area contributed by atoms with Crippen LogP contribution in [0.1, 0.15) is 17.9 Å². The zero-order valence-corrected chi connectivity index (χ0v) is 13.4. The van der Waals surface area contributed by atoms with Gasteiger partial charge in [-0.25, -0.2) is 14.6 Å². The highest BCUT2D eigenvalue weighted by Crippen LogP contribution is 2.48. The topological polar surface area (TPSA) is 72.7 Å². The molecule has 0 unspecified atom stereocenters. The summed E-state index contributed by atoms with van der Waals surface area (Å²) in [6.07, 6.45) is 5.48. The van der Waals surface area contributed by atoms with E-state index in [1.807, 2.05) is 24.3 Å². The maximum Gasteiger partial charge on any atom is 0.228 e. The number of carbonyl (C=O) groups is 1. The third kappa shape index (κ3) is 3.00. The molecule has 24 heavy (non-hydrogen) atoms. The lowest BCUT2D eigenvalue weighted by molar-refractivity contribution is -0.117. The fourth-order valence-electron chi connectivity index (χ4n) is 2.75. The van der Waals surface area contributed by atoms with Crippen molar-refractivity contribution >= 4 is 23.2 Å². The van der Waals surface area contributed by atoms with Crippen molar-refractivity contribution in [1.29, 1.82) is 0 Å². The van der Waals surface area contributed by atoms with Crippen LogP contribution in [0, 0.1) is 5.92 Å². The van der Waals surface area contributed by atoms with Crippen molar-refractivity contribution in [2.24, 2.45) is 5.92 Å². The van der Waals surface area contributed by atoms with Gasteiger partial charge in [0, 0.05) is 10.9 Å². The minimum Gasteiger partial charge on any atom is -0.324 e. The van der Waals surface area contributed by atoms with Crippen molar-refractivity contribution in [1.82, 2.24) is 19.7 Å². The van der Waals surface area contributed by atoms with Gasteiger partial charge in [0.1, 0.15) is 12.7 Å². The van der Waals surface area contributed by atoms with E-state index in [9.17, 15) is 4.79 Å². The number of aromatic nitrogens is 4. The zero-order valence-electron chi connectivity index (χ0n) is 12.6. The Balaban J connectivity index is 1.40. The van der Waals surface area contributed by atoms with Crippen molar-refractivity contribution < 1.29 is 4.79 Å². The maximum absolute atomic E-state index is 12.4. The number of hydrogen-bond acceptors (Lipinski definition) is 4. The van der Waals surface area contributed by atoms with Gasteiger partial charge in [0.25, 0.3) is 0 Å². The maximum atomic E-state index is 12.4. The second kappa shape index (κ2) is 6.05. The monoisotopic (exact) mass is 339 g/mol.